The zero-order chi connectivity index (χ0) is 21.4. The van der Waals surface area contributed by atoms with Gasteiger partial charge in [0.25, 0.3) is 0 Å². The third-order valence-corrected chi connectivity index (χ3v) is 3.96. The van der Waals surface area contributed by atoms with Gasteiger partial charge in [-0.05, 0) is 44.0 Å². The fraction of sp³-hybridized carbons (Fsp3) is 0.318. The van der Waals surface area contributed by atoms with Gasteiger partial charge >= 0.3 is 12.1 Å². The molecule has 0 aliphatic carbocycles. The third-order valence-electron chi connectivity index (χ3n) is 3.96. The fourth-order valence-electron chi connectivity index (χ4n) is 2.59. The first kappa shape index (κ1) is 21.9. The molecule has 0 aliphatic rings. The summed E-state index contributed by atoms with van der Waals surface area (Å²) in [7, 11) is 0. The summed E-state index contributed by atoms with van der Waals surface area (Å²) in [4.78, 5) is 35.9. The first-order chi connectivity index (χ1) is 13.6. The van der Waals surface area contributed by atoms with Gasteiger partial charge in [0.05, 0.1) is 5.56 Å². The van der Waals surface area contributed by atoms with Crippen LogP contribution in [0.4, 0.5) is 4.79 Å². The van der Waals surface area contributed by atoms with Crippen LogP contribution in [0.1, 0.15) is 42.3 Å². The van der Waals surface area contributed by atoms with Gasteiger partial charge in [-0.25, -0.2) is 9.59 Å². The van der Waals surface area contributed by atoms with E-state index in [9.17, 15) is 14.4 Å². The van der Waals surface area contributed by atoms with E-state index < -0.39 is 23.7 Å². The summed E-state index contributed by atoms with van der Waals surface area (Å²) >= 11 is 0. The Bertz CT molecular complexity index is 842. The number of carboxylic acid groups (broad SMARTS) is 1. The van der Waals surface area contributed by atoms with Gasteiger partial charge in [0.15, 0.2) is 0 Å². The lowest BCUT2D eigenvalue weighted by Crippen LogP contribution is -2.49. The molecule has 0 unspecified atom stereocenters. The quantitative estimate of drug-likeness (QED) is 0.665. The molecule has 0 radical (unpaired) electrons. The molecule has 2 aromatic rings. The van der Waals surface area contributed by atoms with Gasteiger partial charge < -0.3 is 20.5 Å². The van der Waals surface area contributed by atoms with Gasteiger partial charge in [0.1, 0.15) is 11.6 Å². The van der Waals surface area contributed by atoms with Crippen LogP contribution in [0.25, 0.3) is 0 Å². The van der Waals surface area contributed by atoms with Gasteiger partial charge in [-0.3, -0.25) is 4.79 Å². The Labute approximate surface area is 170 Å². The van der Waals surface area contributed by atoms with Gasteiger partial charge in [0.2, 0.25) is 5.91 Å². The van der Waals surface area contributed by atoms with Gasteiger partial charge in [-0.15, -0.1) is 0 Å². The smallest absolute Gasteiger partial charge is 0.408 e. The summed E-state index contributed by atoms with van der Waals surface area (Å²) in [5.74, 6) is -1.39. The summed E-state index contributed by atoms with van der Waals surface area (Å²) in [6.45, 7) is 5.54. The Morgan fingerprint density at radius 3 is 2.14 bits per heavy atom. The van der Waals surface area contributed by atoms with Crippen LogP contribution in [0.15, 0.2) is 54.6 Å². The van der Waals surface area contributed by atoms with Crippen LogP contribution >= 0.6 is 0 Å². The first-order valence-corrected chi connectivity index (χ1v) is 9.27. The molecule has 2 aromatic carbocycles. The van der Waals surface area contributed by atoms with Crippen molar-refractivity contribution >= 4 is 18.0 Å². The molecule has 0 heterocycles. The van der Waals surface area contributed by atoms with Gasteiger partial charge in [-0.1, -0.05) is 42.5 Å². The largest absolute Gasteiger partial charge is 0.478 e. The number of alkyl carbamates (subject to hydrolysis) is 1. The first-order valence-electron chi connectivity index (χ1n) is 9.27. The monoisotopic (exact) mass is 398 g/mol. The minimum absolute atomic E-state index is 0.152. The number of aromatic carboxylic acids is 1. The van der Waals surface area contributed by atoms with E-state index in [2.05, 4.69) is 10.6 Å². The number of carbonyl (C=O) groups excluding carboxylic acids is 2. The molecule has 154 valence electrons. The number of ether oxygens (including phenoxy) is 1. The Kier molecular flexibility index (Phi) is 7.36. The van der Waals surface area contributed by atoms with Crippen LogP contribution in [0, 0.1) is 0 Å². The highest BCUT2D eigenvalue weighted by Crippen LogP contribution is 2.10. The van der Waals surface area contributed by atoms with E-state index in [0.717, 1.165) is 5.56 Å². The van der Waals surface area contributed by atoms with E-state index in [1.807, 2.05) is 30.3 Å². The number of rotatable bonds is 7. The molecule has 0 saturated heterocycles. The van der Waals surface area contributed by atoms with Gasteiger partial charge in [0, 0.05) is 13.0 Å². The average Bonchev–Trinajstić information content (AvgIpc) is 2.65. The second kappa shape index (κ2) is 9.73. The van der Waals surface area contributed by atoms with Crippen LogP contribution < -0.4 is 10.6 Å². The van der Waals surface area contributed by atoms with Crippen molar-refractivity contribution in [2.45, 2.75) is 45.4 Å². The number of hydrogen-bond acceptors (Lipinski definition) is 4. The Hall–Kier alpha value is -3.35. The maximum atomic E-state index is 12.7. The molecule has 2 amide bonds. The van der Waals surface area contributed by atoms with E-state index in [0.29, 0.717) is 12.1 Å². The SMILES string of the molecule is CC(C)(C)OC(=O)N[C@@H](Cc1ccc(C(=O)O)cc1)C(=O)NCc1ccccc1. The standard InChI is InChI=1S/C22H26N2O5/c1-22(2,3)29-21(28)24-18(13-15-9-11-17(12-10-15)20(26)27)19(25)23-14-16-7-5-4-6-8-16/h4-12,18H,13-14H2,1-3H3,(H,23,25)(H,24,28)(H,26,27)/t18-/m0/s1. The van der Waals surface area contributed by atoms with Crippen molar-refractivity contribution in [3.05, 3.63) is 71.3 Å². The minimum Gasteiger partial charge on any atom is -0.478 e. The lowest BCUT2D eigenvalue weighted by molar-refractivity contribution is -0.123. The second-order valence-electron chi connectivity index (χ2n) is 7.61. The normalized spacial score (nSPS) is 12.0. The van der Waals surface area contributed by atoms with Crippen molar-refractivity contribution in [1.29, 1.82) is 0 Å². The zero-order valence-corrected chi connectivity index (χ0v) is 16.8. The lowest BCUT2D eigenvalue weighted by atomic mass is 10.0. The molecule has 0 saturated carbocycles. The molecule has 0 aliphatic heterocycles. The Morgan fingerprint density at radius 1 is 0.966 bits per heavy atom. The maximum Gasteiger partial charge on any atom is 0.408 e. The number of hydrogen-bond donors (Lipinski definition) is 3. The summed E-state index contributed by atoms with van der Waals surface area (Å²) in [5.41, 5.74) is 1.10. The predicted octanol–water partition coefficient (Wildman–Crippen LogP) is 3.14. The maximum absolute atomic E-state index is 12.7. The molecule has 7 heteroatoms. The van der Waals surface area contributed by atoms with Crippen molar-refractivity contribution in [3.8, 4) is 0 Å². The highest BCUT2D eigenvalue weighted by molar-refractivity contribution is 5.88. The molecule has 0 spiro atoms. The van der Waals surface area contributed by atoms with E-state index in [-0.39, 0.29) is 17.9 Å². The molecule has 1 atom stereocenters. The molecule has 3 N–H and O–H groups in total. The van der Waals surface area contributed by atoms with E-state index >= 15 is 0 Å². The summed E-state index contributed by atoms with van der Waals surface area (Å²) in [5, 5.41) is 14.4. The highest BCUT2D eigenvalue weighted by atomic mass is 16.6. The van der Waals surface area contributed by atoms with Crippen molar-refractivity contribution in [3.63, 3.8) is 0 Å². The van der Waals surface area contributed by atoms with Crippen LogP contribution in [-0.2, 0) is 22.5 Å². The second-order valence-corrected chi connectivity index (χ2v) is 7.61. The number of carboxylic acids is 1. The molecular formula is C22H26N2O5. The highest BCUT2D eigenvalue weighted by Gasteiger charge is 2.24. The Balaban J connectivity index is 2.09. The minimum atomic E-state index is -1.03. The van der Waals surface area contributed by atoms with Crippen LogP contribution in [0.5, 0.6) is 0 Å². The fourth-order valence-corrected chi connectivity index (χ4v) is 2.59. The zero-order valence-electron chi connectivity index (χ0n) is 16.8. The topological polar surface area (TPSA) is 105 Å². The van der Waals surface area contributed by atoms with Crippen LogP contribution in [-0.4, -0.2) is 34.7 Å². The molecule has 2 rings (SSSR count). The molecule has 29 heavy (non-hydrogen) atoms. The number of carbonyl (C=O) groups is 3. The lowest BCUT2D eigenvalue weighted by Gasteiger charge is -2.23. The molecule has 0 bridgehead atoms. The van der Waals surface area contributed by atoms with Crippen LogP contribution in [0.2, 0.25) is 0 Å². The number of benzene rings is 2. The molecular weight excluding hydrogens is 372 g/mol. The van der Waals surface area contributed by atoms with Crippen molar-refractivity contribution in [2.24, 2.45) is 0 Å². The molecule has 0 fully saturated rings. The number of amides is 2. The van der Waals surface area contributed by atoms with Crippen molar-refractivity contribution < 1.29 is 24.2 Å². The molecule has 7 nitrogen and oxygen atoms in total. The molecule has 0 aromatic heterocycles. The van der Waals surface area contributed by atoms with E-state index in [1.54, 1.807) is 32.9 Å². The average molecular weight is 398 g/mol. The Morgan fingerprint density at radius 2 is 1.59 bits per heavy atom. The van der Waals surface area contributed by atoms with Crippen molar-refractivity contribution in [1.82, 2.24) is 10.6 Å². The van der Waals surface area contributed by atoms with E-state index in [4.69, 9.17) is 9.84 Å². The number of nitrogens with one attached hydrogen (secondary N) is 2. The summed E-state index contributed by atoms with van der Waals surface area (Å²) in [6, 6.07) is 14.7. The van der Waals surface area contributed by atoms with Crippen molar-refractivity contribution in [2.75, 3.05) is 0 Å². The van der Waals surface area contributed by atoms with E-state index in [1.165, 1.54) is 12.1 Å². The van der Waals surface area contributed by atoms with Crippen LogP contribution in [0.3, 0.4) is 0 Å². The summed E-state index contributed by atoms with van der Waals surface area (Å²) in [6.07, 6.45) is -0.501. The summed E-state index contributed by atoms with van der Waals surface area (Å²) < 4.78 is 5.26. The third kappa shape index (κ3) is 7.65. The van der Waals surface area contributed by atoms with Gasteiger partial charge in [-0.2, -0.15) is 0 Å². The predicted molar refractivity (Wildman–Crippen MR) is 109 cm³/mol.